The van der Waals surface area contributed by atoms with Gasteiger partial charge >= 0.3 is 0 Å². The van der Waals surface area contributed by atoms with Gasteiger partial charge in [0.05, 0.1) is 16.7 Å². The third-order valence-electron chi connectivity index (χ3n) is 5.92. The monoisotopic (exact) mass is 495 g/mol. The van der Waals surface area contributed by atoms with Crippen LogP contribution in [0.1, 0.15) is 12.8 Å². The van der Waals surface area contributed by atoms with Gasteiger partial charge in [-0.15, -0.1) is 0 Å². The van der Waals surface area contributed by atoms with E-state index in [1.54, 1.807) is 18.2 Å². The Morgan fingerprint density at radius 1 is 1.00 bits per heavy atom. The average molecular weight is 496 g/mol. The number of piperazine rings is 1. The summed E-state index contributed by atoms with van der Waals surface area (Å²) in [6.45, 7) is 0.492. The number of fused-ring (bicyclic) bond motifs is 1. The number of carbonyl (C=O) groups excluding carboxylic acids is 3. The Morgan fingerprint density at radius 3 is 2.17 bits per heavy atom. The second kappa shape index (κ2) is 8.24. The molecule has 10 heteroatoms. The maximum Gasteiger partial charge on any atom is 0.243 e. The molecule has 2 heterocycles. The lowest BCUT2D eigenvalue weighted by molar-refractivity contribution is -0.147. The fourth-order valence-electron chi connectivity index (χ4n) is 4.21. The zero-order chi connectivity index (χ0) is 21.5. The van der Waals surface area contributed by atoms with Crippen molar-refractivity contribution in [3.63, 3.8) is 0 Å². The summed E-state index contributed by atoms with van der Waals surface area (Å²) in [6, 6.07) is 6.50. The predicted octanol–water partition coefficient (Wildman–Crippen LogP) is 1.23. The van der Waals surface area contributed by atoms with Crippen molar-refractivity contribution in [2.24, 2.45) is 11.8 Å². The minimum absolute atomic E-state index is 0.164. The Morgan fingerprint density at radius 2 is 1.60 bits per heavy atom. The van der Waals surface area contributed by atoms with E-state index in [0.717, 1.165) is 4.90 Å². The van der Waals surface area contributed by atoms with Gasteiger partial charge in [0.1, 0.15) is 6.54 Å². The summed E-state index contributed by atoms with van der Waals surface area (Å²) in [5.41, 5.74) is 0. The summed E-state index contributed by atoms with van der Waals surface area (Å²) in [7, 11) is -3.65. The number of halogens is 1. The molecular weight excluding hydrogens is 474 g/mol. The lowest BCUT2D eigenvalue weighted by Crippen LogP contribution is -2.53. The molecule has 1 aliphatic carbocycles. The number of amides is 3. The molecule has 8 nitrogen and oxygen atoms in total. The highest BCUT2D eigenvalue weighted by atomic mass is 79.9. The number of allylic oxidation sites excluding steroid dienone is 2. The average Bonchev–Trinajstić information content (AvgIpc) is 2.99. The molecule has 0 saturated carbocycles. The number of imide groups is 1. The first-order chi connectivity index (χ1) is 14.3. The topological polar surface area (TPSA) is 95.1 Å². The molecule has 1 aromatic carbocycles. The molecular formula is C20H22BrN3O5S. The normalized spacial score (nSPS) is 25.0. The summed E-state index contributed by atoms with van der Waals surface area (Å²) in [5, 5.41) is 0. The van der Waals surface area contributed by atoms with Crippen molar-refractivity contribution in [1.82, 2.24) is 14.1 Å². The Labute approximate surface area is 183 Å². The van der Waals surface area contributed by atoms with Crippen molar-refractivity contribution in [2.75, 3.05) is 32.7 Å². The van der Waals surface area contributed by atoms with Gasteiger partial charge in [0, 0.05) is 30.7 Å². The fraction of sp³-hybridized carbons (Fsp3) is 0.450. The molecule has 3 amide bonds. The molecule has 2 fully saturated rings. The van der Waals surface area contributed by atoms with Crippen LogP contribution in [0.15, 0.2) is 45.8 Å². The van der Waals surface area contributed by atoms with Crippen LogP contribution < -0.4 is 0 Å². The highest BCUT2D eigenvalue weighted by Crippen LogP contribution is 2.35. The molecule has 0 spiro atoms. The quantitative estimate of drug-likeness (QED) is 0.462. The minimum Gasteiger partial charge on any atom is -0.338 e. The van der Waals surface area contributed by atoms with Crippen molar-refractivity contribution in [2.45, 2.75) is 17.7 Å². The van der Waals surface area contributed by atoms with Gasteiger partial charge in [-0.2, -0.15) is 4.31 Å². The highest BCUT2D eigenvalue weighted by Gasteiger charge is 2.48. The van der Waals surface area contributed by atoms with Crippen molar-refractivity contribution in [1.29, 1.82) is 0 Å². The van der Waals surface area contributed by atoms with E-state index in [2.05, 4.69) is 15.9 Å². The molecule has 2 aliphatic heterocycles. The van der Waals surface area contributed by atoms with Gasteiger partial charge in [0.15, 0.2) is 0 Å². The Kier molecular flexibility index (Phi) is 5.82. The van der Waals surface area contributed by atoms with Gasteiger partial charge < -0.3 is 4.90 Å². The smallest absolute Gasteiger partial charge is 0.243 e. The maximum absolute atomic E-state index is 12.8. The maximum atomic E-state index is 12.8. The Bertz CT molecular complexity index is 991. The number of hydrogen-bond acceptors (Lipinski definition) is 5. The molecule has 1 aromatic rings. The predicted molar refractivity (Wildman–Crippen MR) is 112 cm³/mol. The summed E-state index contributed by atoms with van der Waals surface area (Å²) in [4.78, 5) is 40.6. The van der Waals surface area contributed by atoms with E-state index in [9.17, 15) is 22.8 Å². The van der Waals surface area contributed by atoms with Crippen molar-refractivity contribution in [3.05, 3.63) is 40.9 Å². The largest absolute Gasteiger partial charge is 0.338 e. The molecule has 2 unspecified atom stereocenters. The van der Waals surface area contributed by atoms with E-state index < -0.39 is 10.0 Å². The summed E-state index contributed by atoms with van der Waals surface area (Å²) < 4.78 is 27.7. The number of rotatable bonds is 4. The van der Waals surface area contributed by atoms with Gasteiger partial charge in [-0.3, -0.25) is 19.3 Å². The van der Waals surface area contributed by atoms with Crippen LogP contribution in [0.2, 0.25) is 0 Å². The van der Waals surface area contributed by atoms with Gasteiger partial charge in [-0.1, -0.05) is 34.1 Å². The number of benzene rings is 1. The molecule has 3 aliphatic rings. The van der Waals surface area contributed by atoms with Crippen LogP contribution in [0.3, 0.4) is 0 Å². The zero-order valence-corrected chi connectivity index (χ0v) is 18.6. The van der Waals surface area contributed by atoms with E-state index in [1.165, 1.54) is 15.3 Å². The summed E-state index contributed by atoms with van der Waals surface area (Å²) in [5.74, 6) is -1.61. The third-order valence-corrected chi connectivity index (χ3v) is 8.31. The fourth-order valence-corrected chi connectivity index (χ4v) is 6.23. The van der Waals surface area contributed by atoms with Crippen LogP contribution in [0, 0.1) is 11.8 Å². The first-order valence-electron chi connectivity index (χ1n) is 9.83. The van der Waals surface area contributed by atoms with Crippen LogP contribution in [0.4, 0.5) is 0 Å². The van der Waals surface area contributed by atoms with Crippen LogP contribution in [0.5, 0.6) is 0 Å². The third kappa shape index (κ3) is 3.83. The summed E-state index contributed by atoms with van der Waals surface area (Å²) in [6.07, 6.45) is 4.88. The van der Waals surface area contributed by atoms with Gasteiger partial charge in [-0.05, 0) is 31.0 Å². The number of sulfonamides is 1. The first-order valence-corrected chi connectivity index (χ1v) is 12.1. The van der Waals surface area contributed by atoms with Crippen LogP contribution in [-0.2, 0) is 24.4 Å². The number of likely N-dealkylation sites (tertiary alicyclic amines) is 1. The lowest BCUT2D eigenvalue weighted by atomic mass is 9.85. The van der Waals surface area contributed by atoms with Crippen molar-refractivity contribution in [3.8, 4) is 0 Å². The van der Waals surface area contributed by atoms with Gasteiger partial charge in [-0.25, -0.2) is 8.42 Å². The van der Waals surface area contributed by atoms with E-state index in [0.29, 0.717) is 17.3 Å². The van der Waals surface area contributed by atoms with Gasteiger partial charge in [0.2, 0.25) is 27.7 Å². The molecule has 0 aromatic heterocycles. The molecule has 160 valence electrons. The Balaban J connectivity index is 1.37. The second-order valence-corrected chi connectivity index (χ2v) is 10.5. The number of hydrogen-bond donors (Lipinski definition) is 0. The minimum atomic E-state index is -3.65. The van der Waals surface area contributed by atoms with Crippen LogP contribution in [0.25, 0.3) is 0 Å². The first kappa shape index (κ1) is 21.2. The SMILES string of the molecule is O=C(CN1C(=O)C2CC=CCC2C1=O)N1CCN(S(=O)(=O)c2cccc(Br)c2)CC1. The van der Waals surface area contributed by atoms with E-state index in [-0.39, 0.29) is 67.2 Å². The number of nitrogens with zero attached hydrogens (tertiary/aromatic N) is 3. The number of carbonyl (C=O) groups is 3. The molecule has 2 atom stereocenters. The second-order valence-electron chi connectivity index (χ2n) is 7.66. The summed E-state index contributed by atoms with van der Waals surface area (Å²) >= 11 is 3.28. The highest BCUT2D eigenvalue weighted by molar-refractivity contribution is 9.10. The molecule has 0 N–H and O–H groups in total. The molecule has 4 rings (SSSR count). The van der Waals surface area contributed by atoms with Crippen LogP contribution in [-0.4, -0.2) is 73.0 Å². The van der Waals surface area contributed by atoms with Gasteiger partial charge in [0.25, 0.3) is 0 Å². The van der Waals surface area contributed by atoms with E-state index in [1.807, 2.05) is 12.2 Å². The molecule has 2 saturated heterocycles. The Hall–Kier alpha value is -2.04. The molecule has 0 radical (unpaired) electrons. The zero-order valence-electron chi connectivity index (χ0n) is 16.2. The van der Waals surface area contributed by atoms with Crippen molar-refractivity contribution < 1.29 is 22.8 Å². The van der Waals surface area contributed by atoms with Crippen LogP contribution >= 0.6 is 15.9 Å². The lowest BCUT2D eigenvalue weighted by Gasteiger charge is -2.34. The standard InChI is InChI=1S/C20H22BrN3O5S/c21-14-4-3-5-15(12-14)30(28,29)23-10-8-22(9-11-23)18(25)13-24-19(26)16-6-1-2-7-17(16)20(24)27/h1-5,12,16-17H,6-11,13H2. The van der Waals surface area contributed by atoms with E-state index >= 15 is 0 Å². The van der Waals surface area contributed by atoms with E-state index in [4.69, 9.17) is 0 Å². The molecule has 30 heavy (non-hydrogen) atoms. The molecule has 0 bridgehead atoms. The van der Waals surface area contributed by atoms with Crippen molar-refractivity contribution >= 4 is 43.7 Å².